The van der Waals surface area contributed by atoms with E-state index in [1.807, 2.05) is 12.3 Å². The number of thiazole rings is 1. The van der Waals surface area contributed by atoms with Gasteiger partial charge in [-0.3, -0.25) is 9.69 Å². The summed E-state index contributed by atoms with van der Waals surface area (Å²) in [7, 11) is -3.17. The molecule has 2 heterocycles. The lowest BCUT2D eigenvalue weighted by Crippen LogP contribution is -2.50. The standard InChI is InChI=1S/C12H20N4O3S2/c1-9(11(17)14-12-13-5-8-20-12)16-6-3-10(4-7-16)15-21(2,18)19/h5,8-10,15H,3-4,6-7H2,1-2H3,(H,13,14,17)/t9-/m1/s1. The van der Waals surface area contributed by atoms with Gasteiger partial charge < -0.3 is 5.32 Å². The fraction of sp³-hybridized carbons (Fsp3) is 0.667. The third-order valence-electron chi connectivity index (χ3n) is 3.50. The van der Waals surface area contributed by atoms with Crippen molar-refractivity contribution < 1.29 is 13.2 Å². The van der Waals surface area contributed by atoms with Crippen molar-refractivity contribution in [1.29, 1.82) is 0 Å². The lowest BCUT2D eigenvalue weighted by atomic mass is 10.0. The Balaban J connectivity index is 1.82. The molecule has 1 aliphatic rings. The van der Waals surface area contributed by atoms with Gasteiger partial charge in [-0.15, -0.1) is 11.3 Å². The number of likely N-dealkylation sites (tertiary alicyclic amines) is 1. The van der Waals surface area contributed by atoms with Gasteiger partial charge in [0.25, 0.3) is 0 Å². The maximum absolute atomic E-state index is 12.1. The molecule has 118 valence electrons. The zero-order valence-electron chi connectivity index (χ0n) is 12.1. The average molecular weight is 332 g/mol. The van der Waals surface area contributed by atoms with E-state index < -0.39 is 10.0 Å². The van der Waals surface area contributed by atoms with Crippen LogP contribution in [0.4, 0.5) is 5.13 Å². The van der Waals surface area contributed by atoms with Crippen LogP contribution < -0.4 is 10.0 Å². The van der Waals surface area contributed by atoms with Crippen LogP contribution in [-0.4, -0.2) is 55.6 Å². The second-order valence-electron chi connectivity index (χ2n) is 5.20. The van der Waals surface area contributed by atoms with Gasteiger partial charge >= 0.3 is 0 Å². The number of aromatic nitrogens is 1. The number of nitrogens with one attached hydrogen (secondary N) is 2. The highest BCUT2D eigenvalue weighted by atomic mass is 32.2. The molecule has 2 rings (SSSR count). The minimum atomic E-state index is -3.17. The maximum Gasteiger partial charge on any atom is 0.243 e. The van der Waals surface area contributed by atoms with Crippen LogP contribution >= 0.6 is 11.3 Å². The molecule has 0 radical (unpaired) electrons. The number of hydrogen-bond acceptors (Lipinski definition) is 6. The first-order valence-corrected chi connectivity index (χ1v) is 9.54. The van der Waals surface area contributed by atoms with Gasteiger partial charge in [0.05, 0.1) is 12.3 Å². The van der Waals surface area contributed by atoms with Gasteiger partial charge in [0.15, 0.2) is 5.13 Å². The number of rotatable bonds is 5. The van der Waals surface area contributed by atoms with Crippen molar-refractivity contribution in [1.82, 2.24) is 14.6 Å². The first-order valence-electron chi connectivity index (χ1n) is 6.77. The first-order chi connectivity index (χ1) is 9.85. The van der Waals surface area contributed by atoms with Crippen LogP contribution in [0.2, 0.25) is 0 Å². The highest BCUT2D eigenvalue weighted by Gasteiger charge is 2.27. The molecule has 0 spiro atoms. The van der Waals surface area contributed by atoms with E-state index in [0.29, 0.717) is 31.1 Å². The van der Waals surface area contributed by atoms with Crippen LogP contribution in [0.3, 0.4) is 0 Å². The summed E-state index contributed by atoms with van der Waals surface area (Å²) in [5, 5.41) is 5.19. The SMILES string of the molecule is C[C@H](C(=O)Nc1nccs1)N1CCC(NS(C)(=O)=O)CC1. The summed E-state index contributed by atoms with van der Waals surface area (Å²) in [5.74, 6) is -0.0838. The van der Waals surface area contributed by atoms with Crippen molar-refractivity contribution in [2.24, 2.45) is 0 Å². The van der Waals surface area contributed by atoms with Crippen LogP contribution in [0.1, 0.15) is 19.8 Å². The van der Waals surface area contributed by atoms with Crippen molar-refractivity contribution in [2.45, 2.75) is 31.8 Å². The monoisotopic (exact) mass is 332 g/mol. The highest BCUT2D eigenvalue weighted by Crippen LogP contribution is 2.16. The van der Waals surface area contributed by atoms with E-state index in [-0.39, 0.29) is 18.0 Å². The van der Waals surface area contributed by atoms with E-state index in [1.54, 1.807) is 6.20 Å². The molecule has 0 bridgehead atoms. The zero-order chi connectivity index (χ0) is 15.5. The fourth-order valence-electron chi connectivity index (χ4n) is 2.37. The minimum absolute atomic E-state index is 0.0366. The fourth-order valence-corrected chi connectivity index (χ4v) is 3.74. The summed E-state index contributed by atoms with van der Waals surface area (Å²) in [6, 6.07) is -0.293. The van der Waals surface area contributed by atoms with Crippen LogP contribution in [0.25, 0.3) is 0 Å². The number of hydrogen-bond donors (Lipinski definition) is 2. The molecular formula is C12H20N4O3S2. The third kappa shape index (κ3) is 5.03. The van der Waals surface area contributed by atoms with Gasteiger partial charge in [-0.1, -0.05) is 0 Å². The number of amides is 1. The molecular weight excluding hydrogens is 312 g/mol. The van der Waals surface area contributed by atoms with Crippen LogP contribution in [0.15, 0.2) is 11.6 Å². The van der Waals surface area contributed by atoms with Crippen LogP contribution in [0, 0.1) is 0 Å². The normalized spacial score (nSPS) is 19.3. The Morgan fingerprint density at radius 3 is 2.67 bits per heavy atom. The second kappa shape index (κ2) is 6.82. The van der Waals surface area contributed by atoms with E-state index >= 15 is 0 Å². The Labute approximate surface area is 128 Å². The van der Waals surface area contributed by atoms with E-state index in [9.17, 15) is 13.2 Å². The summed E-state index contributed by atoms with van der Waals surface area (Å²) in [6.07, 6.45) is 4.24. The number of piperidine rings is 1. The predicted octanol–water partition coefficient (Wildman–Crippen LogP) is 0.484. The topological polar surface area (TPSA) is 91.4 Å². The quantitative estimate of drug-likeness (QED) is 0.818. The van der Waals surface area contributed by atoms with Gasteiger partial charge in [-0.2, -0.15) is 0 Å². The smallest absolute Gasteiger partial charge is 0.243 e. The van der Waals surface area contributed by atoms with Gasteiger partial charge in [0, 0.05) is 30.7 Å². The molecule has 1 saturated heterocycles. The number of nitrogens with zero attached hydrogens (tertiary/aromatic N) is 2. The van der Waals surface area contributed by atoms with E-state index in [1.165, 1.54) is 17.6 Å². The van der Waals surface area contributed by atoms with Crippen LogP contribution in [-0.2, 0) is 14.8 Å². The van der Waals surface area contributed by atoms with Crippen molar-refractivity contribution in [3.63, 3.8) is 0 Å². The van der Waals surface area contributed by atoms with Crippen LogP contribution in [0.5, 0.6) is 0 Å². The molecule has 1 aromatic rings. The van der Waals surface area contributed by atoms with E-state index in [0.717, 1.165) is 0 Å². The summed E-state index contributed by atoms with van der Waals surface area (Å²) >= 11 is 1.38. The van der Waals surface area contributed by atoms with Gasteiger partial charge in [-0.05, 0) is 19.8 Å². The Morgan fingerprint density at radius 1 is 1.48 bits per heavy atom. The number of carbonyl (C=O) groups excluding carboxylic acids is 1. The van der Waals surface area contributed by atoms with Crippen molar-refractivity contribution in [3.05, 3.63) is 11.6 Å². The molecule has 0 aliphatic carbocycles. The Hall–Kier alpha value is -1.03. The lowest BCUT2D eigenvalue weighted by molar-refractivity contribution is -0.121. The molecule has 9 heteroatoms. The predicted molar refractivity (Wildman–Crippen MR) is 82.8 cm³/mol. The maximum atomic E-state index is 12.1. The molecule has 0 saturated carbocycles. The van der Waals surface area contributed by atoms with E-state index in [4.69, 9.17) is 0 Å². The molecule has 1 atom stereocenters. The minimum Gasteiger partial charge on any atom is -0.301 e. The largest absolute Gasteiger partial charge is 0.301 e. The summed E-state index contributed by atoms with van der Waals surface area (Å²) in [6.45, 7) is 3.24. The number of anilines is 1. The van der Waals surface area contributed by atoms with E-state index in [2.05, 4.69) is 19.9 Å². The molecule has 1 aliphatic heterocycles. The molecule has 21 heavy (non-hydrogen) atoms. The second-order valence-corrected chi connectivity index (χ2v) is 7.88. The molecule has 7 nitrogen and oxygen atoms in total. The number of sulfonamides is 1. The summed E-state index contributed by atoms with van der Waals surface area (Å²) < 4.78 is 25.0. The lowest BCUT2D eigenvalue weighted by Gasteiger charge is -2.35. The van der Waals surface area contributed by atoms with Gasteiger partial charge in [-0.25, -0.2) is 18.1 Å². The Bertz CT molecular complexity index is 565. The third-order valence-corrected chi connectivity index (χ3v) is 4.95. The summed E-state index contributed by atoms with van der Waals surface area (Å²) in [5.41, 5.74) is 0. The van der Waals surface area contributed by atoms with Crippen molar-refractivity contribution >= 4 is 32.4 Å². The molecule has 1 aromatic heterocycles. The molecule has 1 fully saturated rings. The van der Waals surface area contributed by atoms with Crippen molar-refractivity contribution in [2.75, 3.05) is 24.7 Å². The van der Waals surface area contributed by atoms with Gasteiger partial charge in [0.1, 0.15) is 0 Å². The van der Waals surface area contributed by atoms with Crippen molar-refractivity contribution in [3.8, 4) is 0 Å². The first kappa shape index (κ1) is 16.3. The average Bonchev–Trinajstić information content (AvgIpc) is 2.90. The number of carbonyl (C=O) groups is 1. The highest BCUT2D eigenvalue weighted by molar-refractivity contribution is 7.88. The van der Waals surface area contributed by atoms with Gasteiger partial charge in [0.2, 0.25) is 15.9 Å². The summed E-state index contributed by atoms with van der Waals surface area (Å²) in [4.78, 5) is 18.2. The molecule has 0 aromatic carbocycles. The Morgan fingerprint density at radius 2 is 2.14 bits per heavy atom. The molecule has 0 unspecified atom stereocenters. The zero-order valence-corrected chi connectivity index (χ0v) is 13.7. The Kier molecular flexibility index (Phi) is 5.31. The molecule has 1 amide bonds. The molecule has 2 N–H and O–H groups in total.